The van der Waals surface area contributed by atoms with Gasteiger partial charge in [-0.3, -0.25) is 14.4 Å². The third kappa shape index (κ3) is 2.01. The Morgan fingerprint density at radius 2 is 2.16 bits per heavy atom. The summed E-state index contributed by atoms with van der Waals surface area (Å²) in [6.45, 7) is 4.16. The molecule has 0 aromatic heterocycles. The van der Waals surface area contributed by atoms with E-state index in [1.165, 1.54) is 0 Å². The summed E-state index contributed by atoms with van der Waals surface area (Å²) in [5.41, 5.74) is 11.9. The average Bonchev–Trinajstić information content (AvgIpc) is 2.37. The fraction of sp³-hybridized carbons (Fsp3) is 0.833. The van der Waals surface area contributed by atoms with Crippen LogP contribution in [0.5, 0.6) is 0 Å². The number of carbonyl (C=O) groups is 2. The molecule has 5 N–H and O–H groups in total. The molecule has 0 bridgehead atoms. The molecule has 1 heterocycles. The smallest absolute Gasteiger partial charge is 0.264 e. The summed E-state index contributed by atoms with van der Waals surface area (Å²) >= 11 is 0. The van der Waals surface area contributed by atoms with Crippen molar-refractivity contribution in [3.05, 3.63) is 0 Å². The number of nitrogens with one attached hydrogen (secondary N) is 1. The van der Waals surface area contributed by atoms with Crippen LogP contribution < -0.4 is 16.9 Å². The van der Waals surface area contributed by atoms with Gasteiger partial charge in [0.1, 0.15) is 5.54 Å². The molecule has 3 unspecified atom stereocenters. The second kappa shape index (κ2) is 4.73. The molecule has 3 atom stereocenters. The molecule has 2 aliphatic rings. The third-order valence-electron chi connectivity index (χ3n) is 4.44. The van der Waals surface area contributed by atoms with Crippen LogP contribution in [0.4, 0.5) is 0 Å². The minimum absolute atomic E-state index is 0.00635. The highest BCUT2D eigenvalue weighted by atomic mass is 16.7. The molecule has 19 heavy (non-hydrogen) atoms. The van der Waals surface area contributed by atoms with E-state index in [1.54, 1.807) is 0 Å². The van der Waals surface area contributed by atoms with E-state index in [0.29, 0.717) is 6.61 Å². The second-order valence-electron chi connectivity index (χ2n) is 5.82. The standard InChI is InChI=1S/C12H21N3O4/c1-11(2)9-7(4-3-5-18-9)12(11,14)10(17)15-19-6-8(13)16/h7,9H,3-6,14H2,1-2H3,(H2,13,16)(H,15,17). The van der Waals surface area contributed by atoms with Crippen LogP contribution >= 0.6 is 0 Å². The number of fused-ring (bicyclic) bond motifs is 1. The first kappa shape index (κ1) is 14.2. The Labute approximate surface area is 111 Å². The van der Waals surface area contributed by atoms with Crippen LogP contribution in [0, 0.1) is 11.3 Å². The quantitative estimate of drug-likeness (QED) is 0.570. The first-order chi connectivity index (χ1) is 8.81. The lowest BCUT2D eigenvalue weighted by Crippen LogP contribution is -2.82. The molecule has 0 radical (unpaired) electrons. The molecule has 0 aromatic rings. The maximum Gasteiger partial charge on any atom is 0.264 e. The second-order valence-corrected chi connectivity index (χ2v) is 5.82. The van der Waals surface area contributed by atoms with E-state index in [-0.39, 0.29) is 18.6 Å². The molecule has 1 aliphatic carbocycles. The lowest BCUT2D eigenvalue weighted by Gasteiger charge is -2.64. The Morgan fingerprint density at radius 1 is 1.47 bits per heavy atom. The number of hydrogen-bond acceptors (Lipinski definition) is 5. The molecule has 2 fully saturated rings. The molecule has 2 amide bonds. The van der Waals surface area contributed by atoms with Crippen molar-refractivity contribution >= 4 is 11.8 Å². The molecular formula is C12H21N3O4. The third-order valence-corrected chi connectivity index (χ3v) is 4.44. The predicted molar refractivity (Wildman–Crippen MR) is 66.5 cm³/mol. The Morgan fingerprint density at radius 3 is 2.79 bits per heavy atom. The summed E-state index contributed by atoms with van der Waals surface area (Å²) in [6, 6.07) is 0. The molecule has 0 spiro atoms. The average molecular weight is 271 g/mol. The molecule has 1 saturated carbocycles. The number of rotatable bonds is 4. The Hall–Kier alpha value is -1.18. The first-order valence-corrected chi connectivity index (χ1v) is 6.43. The van der Waals surface area contributed by atoms with Gasteiger partial charge in [0.2, 0.25) is 5.91 Å². The molecule has 1 saturated heterocycles. The predicted octanol–water partition coefficient (Wildman–Crippen LogP) is -0.948. The van der Waals surface area contributed by atoms with Crippen molar-refractivity contribution < 1.29 is 19.2 Å². The number of primary amides is 1. The first-order valence-electron chi connectivity index (χ1n) is 6.43. The van der Waals surface area contributed by atoms with Crippen molar-refractivity contribution in [3.8, 4) is 0 Å². The minimum Gasteiger partial charge on any atom is -0.377 e. The van der Waals surface area contributed by atoms with Crippen molar-refractivity contribution in [2.45, 2.75) is 38.3 Å². The molecular weight excluding hydrogens is 250 g/mol. The monoisotopic (exact) mass is 271 g/mol. The van der Waals surface area contributed by atoms with Gasteiger partial charge in [-0.1, -0.05) is 13.8 Å². The van der Waals surface area contributed by atoms with Gasteiger partial charge in [-0.25, -0.2) is 5.48 Å². The van der Waals surface area contributed by atoms with E-state index < -0.39 is 22.8 Å². The zero-order valence-corrected chi connectivity index (χ0v) is 11.3. The number of hydrogen-bond donors (Lipinski definition) is 3. The van der Waals surface area contributed by atoms with Crippen molar-refractivity contribution in [1.29, 1.82) is 0 Å². The van der Waals surface area contributed by atoms with Crippen molar-refractivity contribution in [3.63, 3.8) is 0 Å². The van der Waals surface area contributed by atoms with E-state index >= 15 is 0 Å². The molecule has 7 heteroatoms. The lowest BCUT2D eigenvalue weighted by molar-refractivity contribution is -0.229. The van der Waals surface area contributed by atoms with E-state index in [0.717, 1.165) is 12.8 Å². The van der Waals surface area contributed by atoms with Crippen LogP contribution in [-0.2, 0) is 19.2 Å². The summed E-state index contributed by atoms with van der Waals surface area (Å²) in [6.07, 6.45) is 1.74. The topological polar surface area (TPSA) is 117 Å². The van der Waals surface area contributed by atoms with Crippen LogP contribution in [0.25, 0.3) is 0 Å². The van der Waals surface area contributed by atoms with Gasteiger partial charge in [0, 0.05) is 17.9 Å². The van der Waals surface area contributed by atoms with Gasteiger partial charge in [-0.05, 0) is 12.8 Å². The SMILES string of the molecule is CC1(C)C2OCCCC2C1(N)C(=O)NOCC(N)=O. The number of nitrogens with two attached hydrogens (primary N) is 2. The van der Waals surface area contributed by atoms with E-state index in [1.807, 2.05) is 13.8 Å². The maximum absolute atomic E-state index is 12.2. The van der Waals surface area contributed by atoms with E-state index in [4.69, 9.17) is 21.0 Å². The summed E-state index contributed by atoms with van der Waals surface area (Å²) in [5, 5.41) is 0. The summed E-state index contributed by atoms with van der Waals surface area (Å²) < 4.78 is 5.71. The number of ether oxygens (including phenoxy) is 1. The highest BCUT2D eigenvalue weighted by molar-refractivity contribution is 5.89. The van der Waals surface area contributed by atoms with Crippen LogP contribution in [0.2, 0.25) is 0 Å². The van der Waals surface area contributed by atoms with Gasteiger partial charge in [-0.2, -0.15) is 0 Å². The molecule has 1 aliphatic heterocycles. The van der Waals surface area contributed by atoms with Crippen LogP contribution in [0.15, 0.2) is 0 Å². The highest BCUT2D eigenvalue weighted by Crippen LogP contribution is 2.57. The zero-order chi connectivity index (χ0) is 14.3. The molecule has 7 nitrogen and oxygen atoms in total. The van der Waals surface area contributed by atoms with Crippen LogP contribution in [0.1, 0.15) is 26.7 Å². The van der Waals surface area contributed by atoms with E-state index in [9.17, 15) is 9.59 Å². The number of carbonyl (C=O) groups excluding carboxylic acids is 2. The summed E-state index contributed by atoms with van der Waals surface area (Å²) in [5.74, 6) is -1.10. The Balaban J connectivity index is 2.04. The Kier molecular flexibility index (Phi) is 3.55. The van der Waals surface area contributed by atoms with Gasteiger partial charge in [0.25, 0.3) is 5.91 Å². The molecule has 108 valence electrons. The van der Waals surface area contributed by atoms with E-state index in [2.05, 4.69) is 5.48 Å². The highest BCUT2D eigenvalue weighted by Gasteiger charge is 2.70. The maximum atomic E-state index is 12.2. The van der Waals surface area contributed by atoms with Crippen molar-refractivity contribution in [2.75, 3.05) is 13.2 Å². The zero-order valence-electron chi connectivity index (χ0n) is 11.3. The normalized spacial score (nSPS) is 35.9. The number of amides is 2. The largest absolute Gasteiger partial charge is 0.377 e. The van der Waals surface area contributed by atoms with Crippen molar-refractivity contribution in [2.24, 2.45) is 22.8 Å². The van der Waals surface area contributed by atoms with Crippen LogP contribution in [0.3, 0.4) is 0 Å². The number of hydroxylamine groups is 1. The van der Waals surface area contributed by atoms with Gasteiger partial charge in [-0.15, -0.1) is 0 Å². The fourth-order valence-corrected chi connectivity index (χ4v) is 3.29. The molecule has 2 rings (SSSR count). The van der Waals surface area contributed by atoms with Gasteiger partial charge in [0.15, 0.2) is 6.61 Å². The Bertz CT molecular complexity index is 398. The fourth-order valence-electron chi connectivity index (χ4n) is 3.29. The van der Waals surface area contributed by atoms with Crippen LogP contribution in [-0.4, -0.2) is 36.7 Å². The van der Waals surface area contributed by atoms with Gasteiger partial charge < -0.3 is 16.2 Å². The van der Waals surface area contributed by atoms with Gasteiger partial charge in [0.05, 0.1) is 6.10 Å². The summed E-state index contributed by atoms with van der Waals surface area (Å²) in [7, 11) is 0. The van der Waals surface area contributed by atoms with Gasteiger partial charge >= 0.3 is 0 Å². The minimum atomic E-state index is -1.05. The lowest BCUT2D eigenvalue weighted by atomic mass is 9.46. The molecule has 0 aromatic carbocycles. The summed E-state index contributed by atoms with van der Waals surface area (Å²) in [4.78, 5) is 27.6. The van der Waals surface area contributed by atoms with Crippen molar-refractivity contribution in [1.82, 2.24) is 5.48 Å².